The molecule has 5 nitrogen and oxygen atoms in total. The quantitative estimate of drug-likeness (QED) is 0.727. The zero-order valence-electron chi connectivity index (χ0n) is 11.1. The molecule has 1 saturated heterocycles. The number of hydrogen-bond acceptors (Lipinski definition) is 4. The first-order valence-corrected chi connectivity index (χ1v) is 7.07. The normalized spacial score (nSPS) is 21.7. The van der Waals surface area contributed by atoms with Crippen molar-refractivity contribution in [3.8, 4) is 5.75 Å². The van der Waals surface area contributed by atoms with E-state index in [0.29, 0.717) is 36.9 Å². The van der Waals surface area contributed by atoms with E-state index in [1.165, 1.54) is 0 Å². The molecule has 3 N–H and O–H groups in total. The molecule has 1 aromatic rings. The van der Waals surface area contributed by atoms with Gasteiger partial charge in [0.2, 0.25) is 5.91 Å². The minimum atomic E-state index is -0.374. The standard InChI is InChI=1S/C14H19ClN2O3/c15-11-1-3-12(4-2-11)20-6-5-14(19)17-8-10-7-16-9-13(10)18/h1-4,10,13,16,18H,5-9H2,(H,17,19). The maximum Gasteiger partial charge on any atom is 0.223 e. The van der Waals surface area contributed by atoms with Crippen LogP contribution in [0.15, 0.2) is 24.3 Å². The molecule has 1 aromatic carbocycles. The molecule has 1 heterocycles. The van der Waals surface area contributed by atoms with Crippen molar-refractivity contribution in [2.45, 2.75) is 12.5 Å². The highest BCUT2D eigenvalue weighted by Crippen LogP contribution is 2.15. The maximum absolute atomic E-state index is 11.6. The van der Waals surface area contributed by atoms with Crippen LogP contribution in [0.4, 0.5) is 0 Å². The number of aliphatic hydroxyl groups excluding tert-OH is 1. The molecule has 20 heavy (non-hydrogen) atoms. The van der Waals surface area contributed by atoms with Gasteiger partial charge in [0.25, 0.3) is 0 Å². The number of halogens is 1. The van der Waals surface area contributed by atoms with Crippen LogP contribution in [0.5, 0.6) is 5.75 Å². The van der Waals surface area contributed by atoms with Gasteiger partial charge in [0.05, 0.1) is 19.1 Å². The Morgan fingerprint density at radius 3 is 2.80 bits per heavy atom. The van der Waals surface area contributed by atoms with Gasteiger partial charge in [-0.15, -0.1) is 0 Å². The molecule has 0 aromatic heterocycles. The third-order valence-electron chi connectivity index (χ3n) is 3.28. The van der Waals surface area contributed by atoms with Gasteiger partial charge in [-0.25, -0.2) is 0 Å². The number of carbonyl (C=O) groups excluding carboxylic acids is 1. The average Bonchev–Trinajstić information content (AvgIpc) is 2.84. The first kappa shape index (κ1) is 15.1. The number of nitrogens with one attached hydrogen (secondary N) is 2. The van der Waals surface area contributed by atoms with Gasteiger partial charge >= 0.3 is 0 Å². The van der Waals surface area contributed by atoms with E-state index in [4.69, 9.17) is 16.3 Å². The van der Waals surface area contributed by atoms with Gasteiger partial charge in [0, 0.05) is 30.6 Å². The summed E-state index contributed by atoms with van der Waals surface area (Å²) in [5, 5.41) is 16.1. The molecular weight excluding hydrogens is 280 g/mol. The fraction of sp³-hybridized carbons (Fsp3) is 0.500. The number of hydrogen-bond donors (Lipinski definition) is 3. The van der Waals surface area contributed by atoms with Crippen molar-refractivity contribution in [3.63, 3.8) is 0 Å². The molecule has 110 valence electrons. The number of amides is 1. The minimum Gasteiger partial charge on any atom is -0.493 e. The van der Waals surface area contributed by atoms with Gasteiger partial charge in [0.1, 0.15) is 5.75 Å². The summed E-state index contributed by atoms with van der Waals surface area (Å²) in [6, 6.07) is 7.01. The lowest BCUT2D eigenvalue weighted by Crippen LogP contribution is -2.34. The molecule has 2 atom stereocenters. The van der Waals surface area contributed by atoms with Gasteiger partial charge in [0.15, 0.2) is 0 Å². The van der Waals surface area contributed by atoms with Crippen LogP contribution in [0.3, 0.4) is 0 Å². The maximum atomic E-state index is 11.6. The molecule has 0 saturated carbocycles. The van der Waals surface area contributed by atoms with E-state index < -0.39 is 0 Å². The predicted molar refractivity (Wildman–Crippen MR) is 76.9 cm³/mol. The lowest BCUT2D eigenvalue weighted by molar-refractivity contribution is -0.121. The number of benzene rings is 1. The van der Waals surface area contributed by atoms with E-state index >= 15 is 0 Å². The second kappa shape index (κ2) is 7.47. The summed E-state index contributed by atoms with van der Waals surface area (Å²) in [7, 11) is 0. The molecule has 0 spiro atoms. The zero-order chi connectivity index (χ0) is 14.4. The highest BCUT2D eigenvalue weighted by Gasteiger charge is 2.24. The first-order valence-electron chi connectivity index (χ1n) is 6.69. The second-order valence-electron chi connectivity index (χ2n) is 4.84. The number of aliphatic hydroxyl groups is 1. The lowest BCUT2D eigenvalue weighted by atomic mass is 10.1. The Labute approximate surface area is 123 Å². The van der Waals surface area contributed by atoms with Crippen molar-refractivity contribution in [1.82, 2.24) is 10.6 Å². The first-order chi connectivity index (χ1) is 9.65. The van der Waals surface area contributed by atoms with Crippen LogP contribution in [0.25, 0.3) is 0 Å². The van der Waals surface area contributed by atoms with Crippen molar-refractivity contribution in [1.29, 1.82) is 0 Å². The van der Waals surface area contributed by atoms with Crippen molar-refractivity contribution in [2.24, 2.45) is 5.92 Å². The van der Waals surface area contributed by atoms with E-state index in [9.17, 15) is 9.90 Å². The third-order valence-corrected chi connectivity index (χ3v) is 3.53. The monoisotopic (exact) mass is 298 g/mol. The Hall–Kier alpha value is -1.30. The van der Waals surface area contributed by atoms with E-state index in [1.54, 1.807) is 24.3 Å². The minimum absolute atomic E-state index is 0.0712. The van der Waals surface area contributed by atoms with Gasteiger partial charge in [-0.3, -0.25) is 4.79 Å². The van der Waals surface area contributed by atoms with Crippen LogP contribution in [0.2, 0.25) is 5.02 Å². The summed E-state index contributed by atoms with van der Waals surface area (Å²) >= 11 is 5.77. The molecule has 6 heteroatoms. The van der Waals surface area contributed by atoms with Crippen LogP contribution in [-0.2, 0) is 4.79 Å². The Morgan fingerprint density at radius 1 is 1.40 bits per heavy atom. The summed E-state index contributed by atoms with van der Waals surface area (Å²) < 4.78 is 5.44. The van der Waals surface area contributed by atoms with Gasteiger partial charge in [-0.2, -0.15) is 0 Å². The summed E-state index contributed by atoms with van der Waals surface area (Å²) in [6.07, 6.45) is -0.0839. The SMILES string of the molecule is O=C(CCOc1ccc(Cl)cc1)NCC1CNCC1O. The third kappa shape index (κ3) is 4.67. The molecule has 1 aliphatic rings. The second-order valence-corrected chi connectivity index (χ2v) is 5.28. The van der Waals surface area contributed by atoms with Crippen molar-refractivity contribution >= 4 is 17.5 Å². The lowest BCUT2D eigenvalue weighted by Gasteiger charge is -2.14. The Balaban J connectivity index is 1.61. The van der Waals surface area contributed by atoms with Crippen LogP contribution in [0.1, 0.15) is 6.42 Å². The molecular formula is C14H19ClN2O3. The summed E-state index contributed by atoms with van der Waals surface area (Å²) in [6.45, 7) is 2.15. The van der Waals surface area contributed by atoms with Gasteiger partial charge in [-0.05, 0) is 24.3 Å². The van der Waals surface area contributed by atoms with Crippen molar-refractivity contribution < 1.29 is 14.6 Å². The van der Waals surface area contributed by atoms with Crippen LogP contribution in [-0.4, -0.2) is 43.4 Å². The fourth-order valence-corrected chi connectivity index (χ4v) is 2.18. The highest BCUT2D eigenvalue weighted by atomic mass is 35.5. The molecule has 2 unspecified atom stereocenters. The largest absolute Gasteiger partial charge is 0.493 e. The van der Waals surface area contributed by atoms with Crippen LogP contribution in [0, 0.1) is 5.92 Å². The molecule has 1 amide bonds. The molecule has 1 aliphatic heterocycles. The molecule has 0 aliphatic carbocycles. The Kier molecular flexibility index (Phi) is 5.64. The van der Waals surface area contributed by atoms with E-state index in [2.05, 4.69) is 10.6 Å². The van der Waals surface area contributed by atoms with E-state index in [1.807, 2.05) is 0 Å². The summed E-state index contributed by atoms with van der Waals surface area (Å²) in [5.41, 5.74) is 0. The van der Waals surface area contributed by atoms with E-state index in [0.717, 1.165) is 6.54 Å². The Bertz CT molecular complexity index is 439. The number of ether oxygens (including phenoxy) is 1. The number of rotatable bonds is 6. The number of β-amino-alcohol motifs (C(OH)–C–C–N with tert-alkyl or cyclic N) is 1. The van der Waals surface area contributed by atoms with Crippen molar-refractivity contribution in [2.75, 3.05) is 26.2 Å². The molecule has 2 rings (SSSR count). The van der Waals surface area contributed by atoms with Crippen LogP contribution >= 0.6 is 11.6 Å². The smallest absolute Gasteiger partial charge is 0.223 e. The molecule has 0 bridgehead atoms. The Morgan fingerprint density at radius 2 is 2.15 bits per heavy atom. The fourth-order valence-electron chi connectivity index (χ4n) is 2.05. The highest BCUT2D eigenvalue weighted by molar-refractivity contribution is 6.30. The zero-order valence-corrected chi connectivity index (χ0v) is 11.9. The van der Waals surface area contributed by atoms with Gasteiger partial charge < -0.3 is 20.5 Å². The summed E-state index contributed by atoms with van der Waals surface area (Å²) in [4.78, 5) is 11.6. The van der Waals surface area contributed by atoms with Gasteiger partial charge in [-0.1, -0.05) is 11.6 Å². The summed E-state index contributed by atoms with van der Waals surface area (Å²) in [5.74, 6) is 0.715. The van der Waals surface area contributed by atoms with E-state index in [-0.39, 0.29) is 17.9 Å². The topological polar surface area (TPSA) is 70.6 Å². The van der Waals surface area contributed by atoms with Crippen molar-refractivity contribution in [3.05, 3.63) is 29.3 Å². The average molecular weight is 299 g/mol. The predicted octanol–water partition coefficient (Wildman–Crippen LogP) is 0.805. The number of carbonyl (C=O) groups is 1. The van der Waals surface area contributed by atoms with Crippen LogP contribution < -0.4 is 15.4 Å². The molecule has 0 radical (unpaired) electrons. The molecule has 1 fully saturated rings.